The summed E-state index contributed by atoms with van der Waals surface area (Å²) >= 11 is 0. The molecule has 0 radical (unpaired) electrons. The summed E-state index contributed by atoms with van der Waals surface area (Å²) in [7, 11) is 0. The molecular formula is C23H26N6O. The summed E-state index contributed by atoms with van der Waals surface area (Å²) in [5.74, 6) is 2.09. The van der Waals surface area contributed by atoms with E-state index in [1.165, 1.54) is 24.5 Å². The minimum atomic E-state index is -0.173. The number of anilines is 3. The standard InChI is InChI=1S/C23H26N6O/c1-15-7-10-28(11-8-15)22-24-14-18(16(2)25-22)19-13-21(30)27-23(26-19)29-12-9-17-5-3-4-6-20(17)29/h3-6,13-15H,7-12H2,1-2H3,(H,26,27,30). The molecule has 1 fully saturated rings. The fraction of sp³-hybridized carbons (Fsp3) is 0.391. The predicted octanol–water partition coefficient (Wildman–Crippen LogP) is 3.47. The van der Waals surface area contributed by atoms with E-state index in [4.69, 9.17) is 9.97 Å². The van der Waals surface area contributed by atoms with E-state index < -0.39 is 0 Å². The lowest BCUT2D eigenvalue weighted by molar-refractivity contribution is 0.434. The Hall–Kier alpha value is -3.22. The average Bonchev–Trinajstić information content (AvgIpc) is 3.18. The van der Waals surface area contributed by atoms with Crippen molar-refractivity contribution in [2.75, 3.05) is 29.4 Å². The first-order chi connectivity index (χ1) is 14.6. The van der Waals surface area contributed by atoms with Crippen LogP contribution in [0.25, 0.3) is 11.3 Å². The summed E-state index contributed by atoms with van der Waals surface area (Å²) in [5.41, 5.74) is 4.43. The summed E-state index contributed by atoms with van der Waals surface area (Å²) in [6.45, 7) is 7.03. The summed E-state index contributed by atoms with van der Waals surface area (Å²) in [6.07, 6.45) is 5.08. The first-order valence-corrected chi connectivity index (χ1v) is 10.6. The van der Waals surface area contributed by atoms with Crippen LogP contribution in [0.15, 0.2) is 41.3 Å². The van der Waals surface area contributed by atoms with Crippen LogP contribution in [-0.4, -0.2) is 39.6 Å². The molecule has 154 valence electrons. The van der Waals surface area contributed by atoms with Crippen LogP contribution < -0.4 is 15.4 Å². The zero-order valence-corrected chi connectivity index (χ0v) is 17.4. The number of fused-ring (bicyclic) bond motifs is 1. The molecule has 2 aromatic heterocycles. The zero-order valence-electron chi connectivity index (χ0n) is 17.4. The van der Waals surface area contributed by atoms with E-state index in [1.807, 2.05) is 19.1 Å². The summed E-state index contributed by atoms with van der Waals surface area (Å²) in [6, 6.07) is 9.77. The normalized spacial score (nSPS) is 16.7. The molecule has 0 amide bonds. The third kappa shape index (κ3) is 3.44. The van der Waals surface area contributed by atoms with Gasteiger partial charge in [-0.3, -0.25) is 9.78 Å². The molecule has 2 aliphatic rings. The first kappa shape index (κ1) is 18.8. The van der Waals surface area contributed by atoms with Crippen molar-refractivity contribution in [3.8, 4) is 11.3 Å². The van der Waals surface area contributed by atoms with Crippen LogP contribution in [0.1, 0.15) is 31.0 Å². The van der Waals surface area contributed by atoms with Gasteiger partial charge in [0.15, 0.2) is 0 Å². The van der Waals surface area contributed by atoms with E-state index in [0.717, 1.165) is 54.9 Å². The number of nitrogens with zero attached hydrogens (tertiary/aromatic N) is 5. The van der Waals surface area contributed by atoms with E-state index in [1.54, 1.807) is 6.20 Å². The monoisotopic (exact) mass is 402 g/mol. The number of nitrogens with one attached hydrogen (secondary N) is 1. The average molecular weight is 403 g/mol. The Morgan fingerprint density at radius 2 is 1.90 bits per heavy atom. The molecule has 30 heavy (non-hydrogen) atoms. The lowest BCUT2D eigenvalue weighted by Crippen LogP contribution is -2.34. The topological polar surface area (TPSA) is 78.0 Å². The fourth-order valence-corrected chi connectivity index (χ4v) is 4.34. The molecular weight excluding hydrogens is 376 g/mol. The third-order valence-corrected chi connectivity index (χ3v) is 6.18. The number of para-hydroxylation sites is 1. The van der Waals surface area contributed by atoms with Crippen LogP contribution >= 0.6 is 0 Å². The zero-order chi connectivity index (χ0) is 20.7. The Kier molecular flexibility index (Phi) is 4.73. The van der Waals surface area contributed by atoms with Crippen LogP contribution in [0.2, 0.25) is 0 Å². The van der Waals surface area contributed by atoms with E-state index in [0.29, 0.717) is 11.6 Å². The van der Waals surface area contributed by atoms with Crippen molar-refractivity contribution >= 4 is 17.6 Å². The highest BCUT2D eigenvalue weighted by molar-refractivity contribution is 5.68. The lowest BCUT2D eigenvalue weighted by Gasteiger charge is -2.30. The second-order valence-electron chi connectivity index (χ2n) is 8.32. The Balaban J connectivity index is 1.47. The molecule has 1 aromatic carbocycles. The Morgan fingerprint density at radius 1 is 1.10 bits per heavy atom. The maximum atomic E-state index is 12.4. The number of aromatic nitrogens is 4. The lowest BCUT2D eigenvalue weighted by atomic mass is 10.00. The quantitative estimate of drug-likeness (QED) is 0.723. The van der Waals surface area contributed by atoms with Crippen LogP contribution in [0.3, 0.4) is 0 Å². The molecule has 0 bridgehead atoms. The summed E-state index contributed by atoms with van der Waals surface area (Å²) < 4.78 is 0. The SMILES string of the molecule is Cc1nc(N2CCC(C)CC2)ncc1-c1cc(=O)[nH]c(N2CCc3ccccc32)n1. The predicted molar refractivity (Wildman–Crippen MR) is 118 cm³/mol. The highest BCUT2D eigenvalue weighted by Gasteiger charge is 2.23. The van der Waals surface area contributed by atoms with Gasteiger partial charge >= 0.3 is 0 Å². The van der Waals surface area contributed by atoms with Crippen molar-refractivity contribution in [1.29, 1.82) is 0 Å². The highest BCUT2D eigenvalue weighted by atomic mass is 16.1. The van der Waals surface area contributed by atoms with Crippen LogP contribution in [0.5, 0.6) is 0 Å². The van der Waals surface area contributed by atoms with Gasteiger partial charge in [0.2, 0.25) is 11.9 Å². The molecule has 1 saturated heterocycles. The van der Waals surface area contributed by atoms with Gasteiger partial charge in [-0.1, -0.05) is 25.1 Å². The van der Waals surface area contributed by atoms with Gasteiger partial charge in [-0.15, -0.1) is 0 Å². The van der Waals surface area contributed by atoms with Crippen LogP contribution in [0.4, 0.5) is 17.6 Å². The smallest absolute Gasteiger partial charge is 0.252 e. The van der Waals surface area contributed by atoms with Gasteiger partial charge in [-0.05, 0) is 43.7 Å². The molecule has 0 unspecified atom stereocenters. The van der Waals surface area contributed by atoms with Crippen LogP contribution in [0, 0.1) is 12.8 Å². The first-order valence-electron chi connectivity index (χ1n) is 10.6. The van der Waals surface area contributed by atoms with Gasteiger partial charge in [0.1, 0.15) is 0 Å². The Morgan fingerprint density at radius 3 is 2.70 bits per heavy atom. The van der Waals surface area contributed by atoms with Crippen molar-refractivity contribution in [3.63, 3.8) is 0 Å². The highest BCUT2D eigenvalue weighted by Crippen LogP contribution is 2.33. The maximum Gasteiger partial charge on any atom is 0.252 e. The molecule has 0 spiro atoms. The van der Waals surface area contributed by atoms with Crippen molar-refractivity contribution in [3.05, 3.63) is 58.1 Å². The number of hydrogen-bond donors (Lipinski definition) is 1. The molecule has 7 heteroatoms. The van der Waals surface area contributed by atoms with Gasteiger partial charge in [-0.25, -0.2) is 15.0 Å². The molecule has 0 atom stereocenters. The summed E-state index contributed by atoms with van der Waals surface area (Å²) in [4.78, 5) is 33.8. The molecule has 1 N–H and O–H groups in total. The molecule has 7 nitrogen and oxygen atoms in total. The molecule has 2 aliphatic heterocycles. The van der Waals surface area contributed by atoms with E-state index >= 15 is 0 Å². The molecule has 3 aromatic rings. The second kappa shape index (κ2) is 7.55. The maximum absolute atomic E-state index is 12.4. The minimum absolute atomic E-state index is 0.173. The Labute approximate surface area is 175 Å². The number of aryl methyl sites for hydroxylation is 1. The van der Waals surface area contributed by atoms with Gasteiger partial charge in [0.25, 0.3) is 5.56 Å². The number of rotatable bonds is 3. The molecule has 0 saturated carbocycles. The summed E-state index contributed by atoms with van der Waals surface area (Å²) in [5, 5.41) is 0. The third-order valence-electron chi connectivity index (χ3n) is 6.18. The van der Waals surface area contributed by atoms with Crippen molar-refractivity contribution < 1.29 is 0 Å². The van der Waals surface area contributed by atoms with Gasteiger partial charge in [-0.2, -0.15) is 0 Å². The fourth-order valence-electron chi connectivity index (χ4n) is 4.34. The van der Waals surface area contributed by atoms with E-state index in [-0.39, 0.29) is 5.56 Å². The van der Waals surface area contributed by atoms with Gasteiger partial charge < -0.3 is 9.80 Å². The van der Waals surface area contributed by atoms with E-state index in [9.17, 15) is 4.79 Å². The number of aromatic amines is 1. The van der Waals surface area contributed by atoms with Gasteiger partial charge in [0.05, 0.1) is 11.4 Å². The number of H-pyrrole nitrogens is 1. The van der Waals surface area contributed by atoms with Crippen molar-refractivity contribution in [2.45, 2.75) is 33.1 Å². The number of benzene rings is 1. The van der Waals surface area contributed by atoms with Crippen LogP contribution in [-0.2, 0) is 6.42 Å². The largest absolute Gasteiger partial charge is 0.341 e. The van der Waals surface area contributed by atoms with Gasteiger partial charge in [0, 0.05) is 43.1 Å². The molecule has 4 heterocycles. The van der Waals surface area contributed by atoms with Crippen molar-refractivity contribution in [2.24, 2.45) is 5.92 Å². The second-order valence-corrected chi connectivity index (χ2v) is 8.32. The van der Waals surface area contributed by atoms with Crippen molar-refractivity contribution in [1.82, 2.24) is 19.9 Å². The van der Waals surface area contributed by atoms with E-state index in [2.05, 4.69) is 38.8 Å². The number of piperidine rings is 1. The minimum Gasteiger partial charge on any atom is -0.341 e. The number of hydrogen-bond acceptors (Lipinski definition) is 6. The Bertz CT molecular complexity index is 1130. The molecule has 5 rings (SSSR count). The molecule has 0 aliphatic carbocycles.